The molecule has 0 amide bonds. The van der Waals surface area contributed by atoms with Crippen LogP contribution in [0.1, 0.15) is 72.1 Å². The van der Waals surface area contributed by atoms with E-state index >= 15 is 0 Å². The number of Topliss-reactive ketones (excluding diaryl/α,β-unsaturated/α-hetero) is 1. The minimum atomic E-state index is -0.0820. The molecule has 0 radical (unpaired) electrons. The van der Waals surface area contributed by atoms with Crippen molar-refractivity contribution in [3.63, 3.8) is 0 Å². The third-order valence-corrected chi connectivity index (χ3v) is 8.70. The lowest BCUT2D eigenvalue weighted by Crippen LogP contribution is -2.54. The summed E-state index contributed by atoms with van der Waals surface area (Å²) >= 11 is 0. The summed E-state index contributed by atoms with van der Waals surface area (Å²) in [5.74, 6) is 2.87. The Bertz CT molecular complexity index is 669. The molecule has 2 N–H and O–H groups in total. The van der Waals surface area contributed by atoms with E-state index in [1.54, 1.807) is 0 Å². The second kappa shape index (κ2) is 6.72. The first kappa shape index (κ1) is 19.2. The Kier molecular flexibility index (Phi) is 4.77. The van der Waals surface area contributed by atoms with E-state index in [4.69, 9.17) is 10.6 Å². The van der Waals surface area contributed by atoms with Crippen LogP contribution in [0.15, 0.2) is 17.3 Å². The molecule has 0 aromatic carbocycles. The van der Waals surface area contributed by atoms with Gasteiger partial charge in [0, 0.05) is 17.9 Å². The van der Waals surface area contributed by atoms with Gasteiger partial charge in [0.15, 0.2) is 0 Å². The highest BCUT2D eigenvalue weighted by atomic mass is 16.6. The van der Waals surface area contributed by atoms with E-state index in [2.05, 4.69) is 25.6 Å². The van der Waals surface area contributed by atoms with Crippen LogP contribution in [0.4, 0.5) is 0 Å². The summed E-state index contributed by atoms with van der Waals surface area (Å²) in [5.41, 5.74) is 8.63. The maximum Gasteiger partial charge on any atom is 0.139 e. The van der Waals surface area contributed by atoms with Crippen molar-refractivity contribution in [3.05, 3.63) is 12.2 Å². The van der Waals surface area contributed by atoms with Gasteiger partial charge in [0.2, 0.25) is 0 Å². The topological polar surface area (TPSA) is 64.7 Å². The summed E-state index contributed by atoms with van der Waals surface area (Å²) in [6, 6.07) is 0.0177. The highest BCUT2D eigenvalue weighted by molar-refractivity contribution is 5.87. The van der Waals surface area contributed by atoms with Crippen LogP contribution in [0.3, 0.4) is 0 Å². The minimum Gasteiger partial charge on any atom is -0.394 e. The SMILES string of the molecule is C=C1CC2CC(=NOC[C@@H](C)N)CC[C@]2(C)[C@H]2CC[C@]3(C)C(=O)CC[C@H]3[C@H]12. The van der Waals surface area contributed by atoms with Crippen LogP contribution >= 0.6 is 0 Å². The molecule has 0 aliphatic heterocycles. The largest absolute Gasteiger partial charge is 0.394 e. The number of oxime groups is 1. The third-order valence-electron chi connectivity index (χ3n) is 8.70. The van der Waals surface area contributed by atoms with Crippen LogP contribution in [0, 0.1) is 34.5 Å². The number of carbonyl (C=O) groups is 1. The molecule has 0 aromatic heterocycles. The molecular weight excluding hydrogens is 336 g/mol. The summed E-state index contributed by atoms with van der Waals surface area (Å²) in [5, 5.41) is 4.41. The summed E-state index contributed by atoms with van der Waals surface area (Å²) in [6.07, 6.45) is 8.45. The van der Waals surface area contributed by atoms with E-state index in [-0.39, 0.29) is 11.5 Å². The van der Waals surface area contributed by atoms with Crippen LogP contribution in [0.2, 0.25) is 0 Å². The van der Waals surface area contributed by atoms with Gasteiger partial charge in [-0.3, -0.25) is 4.79 Å². The van der Waals surface area contributed by atoms with Crippen molar-refractivity contribution in [2.75, 3.05) is 6.61 Å². The molecule has 4 heteroatoms. The predicted octanol–water partition coefficient (Wildman–Crippen LogP) is 4.48. The summed E-state index contributed by atoms with van der Waals surface area (Å²) in [7, 11) is 0. The van der Waals surface area contributed by atoms with Gasteiger partial charge in [0.05, 0.1) is 5.71 Å². The zero-order valence-corrected chi connectivity index (χ0v) is 17.3. The minimum absolute atomic E-state index is 0.0177. The Morgan fingerprint density at radius 2 is 2.00 bits per heavy atom. The molecule has 27 heavy (non-hydrogen) atoms. The van der Waals surface area contributed by atoms with E-state index in [0.29, 0.717) is 41.5 Å². The smallest absolute Gasteiger partial charge is 0.139 e. The van der Waals surface area contributed by atoms with Gasteiger partial charge in [-0.2, -0.15) is 0 Å². The highest BCUT2D eigenvalue weighted by Crippen LogP contribution is 2.66. The first-order chi connectivity index (χ1) is 12.8. The summed E-state index contributed by atoms with van der Waals surface area (Å²) in [4.78, 5) is 18.1. The molecule has 4 nitrogen and oxygen atoms in total. The molecule has 4 fully saturated rings. The number of ketones is 1. The Hall–Kier alpha value is -1.16. The second-order valence-electron chi connectivity index (χ2n) is 10.4. The zero-order chi connectivity index (χ0) is 19.4. The van der Waals surface area contributed by atoms with Crippen molar-refractivity contribution in [1.82, 2.24) is 0 Å². The Balaban J connectivity index is 1.54. The Morgan fingerprint density at radius 3 is 2.74 bits per heavy atom. The predicted molar refractivity (Wildman–Crippen MR) is 108 cm³/mol. The van der Waals surface area contributed by atoms with E-state index in [0.717, 1.165) is 38.5 Å². The zero-order valence-electron chi connectivity index (χ0n) is 17.3. The first-order valence-corrected chi connectivity index (χ1v) is 10.9. The van der Waals surface area contributed by atoms with E-state index < -0.39 is 0 Å². The van der Waals surface area contributed by atoms with Gasteiger partial charge in [0.25, 0.3) is 0 Å². The number of nitrogens with zero attached hydrogens (tertiary/aromatic N) is 1. The van der Waals surface area contributed by atoms with Gasteiger partial charge in [-0.25, -0.2) is 0 Å². The highest BCUT2D eigenvalue weighted by Gasteiger charge is 2.61. The van der Waals surface area contributed by atoms with Gasteiger partial charge in [-0.1, -0.05) is 31.2 Å². The van der Waals surface area contributed by atoms with Crippen LogP contribution in [-0.4, -0.2) is 24.1 Å². The van der Waals surface area contributed by atoms with Gasteiger partial charge in [-0.05, 0) is 81.0 Å². The number of nitrogens with two attached hydrogens (primary N) is 1. The van der Waals surface area contributed by atoms with Gasteiger partial charge >= 0.3 is 0 Å². The second-order valence-corrected chi connectivity index (χ2v) is 10.4. The molecule has 1 unspecified atom stereocenters. The van der Waals surface area contributed by atoms with Gasteiger partial charge in [-0.15, -0.1) is 0 Å². The van der Waals surface area contributed by atoms with Crippen molar-refractivity contribution >= 4 is 11.5 Å². The number of carbonyl (C=O) groups excluding carboxylic acids is 1. The number of hydrogen-bond acceptors (Lipinski definition) is 4. The molecule has 0 spiro atoms. The fourth-order valence-corrected chi connectivity index (χ4v) is 7.03. The van der Waals surface area contributed by atoms with Crippen molar-refractivity contribution < 1.29 is 9.63 Å². The molecular formula is C23H36N2O2. The third kappa shape index (κ3) is 2.99. The standard InChI is InChI=1S/C23H36N2O2/c1-14-11-16-12-17(25-27-13-15(2)24)7-9-22(16,3)19-8-10-23(4)18(21(14)19)5-6-20(23)26/h15-16,18-19,21H,1,5-13,24H2,2-4H3/t15-,16?,18+,19+,21+,22+,23+/m1/s1. The normalized spacial score (nSPS) is 46.6. The van der Waals surface area contributed by atoms with Crippen molar-refractivity contribution in [1.29, 1.82) is 0 Å². The van der Waals surface area contributed by atoms with Crippen molar-refractivity contribution in [2.45, 2.75) is 78.2 Å². The molecule has 4 aliphatic carbocycles. The van der Waals surface area contributed by atoms with E-state index in [9.17, 15) is 4.79 Å². The summed E-state index contributed by atoms with van der Waals surface area (Å²) < 4.78 is 0. The number of rotatable bonds is 3. The maximum absolute atomic E-state index is 12.6. The molecule has 7 atom stereocenters. The average molecular weight is 373 g/mol. The number of fused-ring (bicyclic) bond motifs is 5. The lowest BCUT2D eigenvalue weighted by Gasteiger charge is -2.60. The Morgan fingerprint density at radius 1 is 1.22 bits per heavy atom. The molecule has 0 bridgehead atoms. The lowest BCUT2D eigenvalue weighted by atomic mass is 9.44. The van der Waals surface area contributed by atoms with E-state index in [1.807, 2.05) is 6.92 Å². The maximum atomic E-state index is 12.6. The molecule has 4 rings (SSSR count). The van der Waals surface area contributed by atoms with Crippen LogP contribution in [0.25, 0.3) is 0 Å². The molecule has 0 saturated heterocycles. The van der Waals surface area contributed by atoms with Crippen molar-refractivity contribution in [2.24, 2.45) is 45.4 Å². The quantitative estimate of drug-likeness (QED) is 0.586. The first-order valence-electron chi connectivity index (χ1n) is 10.9. The number of allylic oxidation sites excluding steroid dienone is 1. The van der Waals surface area contributed by atoms with Crippen molar-refractivity contribution in [3.8, 4) is 0 Å². The van der Waals surface area contributed by atoms with Gasteiger partial charge in [0.1, 0.15) is 12.4 Å². The fraction of sp³-hybridized carbons (Fsp3) is 0.826. The molecule has 0 heterocycles. The molecule has 4 aliphatic rings. The average Bonchev–Trinajstić information content (AvgIpc) is 2.91. The molecule has 0 aromatic rings. The van der Waals surface area contributed by atoms with Crippen LogP contribution in [-0.2, 0) is 9.63 Å². The fourth-order valence-electron chi connectivity index (χ4n) is 7.03. The lowest BCUT2D eigenvalue weighted by molar-refractivity contribution is -0.133. The monoisotopic (exact) mass is 372 g/mol. The van der Waals surface area contributed by atoms with Crippen LogP contribution < -0.4 is 5.73 Å². The van der Waals surface area contributed by atoms with Crippen LogP contribution in [0.5, 0.6) is 0 Å². The Labute approximate surface area is 164 Å². The van der Waals surface area contributed by atoms with Gasteiger partial charge < -0.3 is 10.6 Å². The number of hydrogen-bond donors (Lipinski definition) is 1. The molecule has 4 saturated carbocycles. The molecule has 150 valence electrons. The van der Waals surface area contributed by atoms with E-state index in [1.165, 1.54) is 24.1 Å². The summed E-state index contributed by atoms with van der Waals surface area (Å²) in [6.45, 7) is 11.7.